The lowest BCUT2D eigenvalue weighted by atomic mass is 9.85. The Labute approximate surface area is 294 Å². The molecule has 6 heteroatoms. The molecule has 0 atom stereocenters. The highest BCUT2D eigenvalue weighted by Crippen LogP contribution is 2.37. The van der Waals surface area contributed by atoms with Gasteiger partial charge in [0.25, 0.3) is 0 Å². The summed E-state index contributed by atoms with van der Waals surface area (Å²) in [7, 11) is 0. The summed E-state index contributed by atoms with van der Waals surface area (Å²) in [6.45, 7) is 10.8. The molecule has 0 aliphatic heterocycles. The fourth-order valence-electron chi connectivity index (χ4n) is 5.87. The number of esters is 2. The van der Waals surface area contributed by atoms with Gasteiger partial charge in [0.1, 0.15) is 18.1 Å². The number of rotatable bonds is 6. The molecule has 0 radical (unpaired) electrons. The molecule has 0 bridgehead atoms. The van der Waals surface area contributed by atoms with Gasteiger partial charge in [0.15, 0.2) is 0 Å². The molecule has 2 aliphatic carbocycles. The number of hydrogen-bond donors (Lipinski definition) is 2. The van der Waals surface area contributed by atoms with Gasteiger partial charge in [-0.1, -0.05) is 61.1 Å². The maximum atomic E-state index is 11.7. The largest absolute Gasteiger partial charge is 0.508 e. The van der Waals surface area contributed by atoms with Crippen LogP contribution in [0.3, 0.4) is 0 Å². The van der Waals surface area contributed by atoms with Gasteiger partial charge in [-0.15, -0.1) is 0 Å². The number of benzene rings is 4. The van der Waals surface area contributed by atoms with Crippen LogP contribution in [0.1, 0.15) is 60.1 Å². The van der Waals surface area contributed by atoms with E-state index in [2.05, 4.69) is 61.1 Å². The van der Waals surface area contributed by atoms with E-state index < -0.39 is 5.97 Å². The number of carbonyl (C=O) groups is 2. The van der Waals surface area contributed by atoms with E-state index in [0.29, 0.717) is 35.5 Å². The second-order valence-corrected chi connectivity index (χ2v) is 12.3. The molecule has 0 aromatic heterocycles. The van der Waals surface area contributed by atoms with E-state index in [-0.39, 0.29) is 19.2 Å². The van der Waals surface area contributed by atoms with Gasteiger partial charge in [0.05, 0.1) is 6.61 Å². The summed E-state index contributed by atoms with van der Waals surface area (Å²) in [5.74, 6) is 12.3. The minimum atomic E-state index is -0.413. The van der Waals surface area contributed by atoms with Crippen molar-refractivity contribution in [3.63, 3.8) is 0 Å². The number of phenols is 1. The van der Waals surface area contributed by atoms with Gasteiger partial charge in [0, 0.05) is 35.1 Å². The normalized spacial score (nSPS) is 11.6. The van der Waals surface area contributed by atoms with Crippen molar-refractivity contribution in [1.29, 1.82) is 0 Å². The average molecular weight is 665 g/mol. The van der Waals surface area contributed by atoms with Crippen LogP contribution in [0.2, 0.25) is 0 Å². The number of aromatic hydroxyl groups is 1. The van der Waals surface area contributed by atoms with E-state index in [4.69, 9.17) is 14.6 Å². The van der Waals surface area contributed by atoms with Crippen molar-refractivity contribution in [3.8, 4) is 57.4 Å². The molecule has 0 amide bonds. The van der Waals surface area contributed by atoms with Crippen molar-refractivity contribution >= 4 is 11.9 Å². The molecule has 0 saturated carbocycles. The minimum Gasteiger partial charge on any atom is -0.508 e. The Kier molecular flexibility index (Phi) is 11.7. The highest BCUT2D eigenvalue weighted by atomic mass is 16.5. The van der Waals surface area contributed by atoms with Crippen molar-refractivity contribution in [2.45, 2.75) is 52.4 Å². The zero-order chi connectivity index (χ0) is 35.6. The van der Waals surface area contributed by atoms with E-state index in [1.165, 1.54) is 33.4 Å². The van der Waals surface area contributed by atoms with Crippen LogP contribution in [-0.4, -0.2) is 35.4 Å². The maximum Gasteiger partial charge on any atom is 0.338 e. The van der Waals surface area contributed by atoms with E-state index in [9.17, 15) is 14.7 Å². The Bertz CT molecular complexity index is 2100. The third-order valence-corrected chi connectivity index (χ3v) is 8.35. The minimum absolute atomic E-state index is 0.106. The first-order chi connectivity index (χ1) is 24.1. The van der Waals surface area contributed by atoms with Crippen molar-refractivity contribution in [1.82, 2.24) is 0 Å². The Balaban J connectivity index is 0.000000210. The molecule has 0 heterocycles. The molecule has 2 N–H and O–H groups in total. The Morgan fingerprint density at radius 1 is 0.660 bits per heavy atom. The lowest BCUT2D eigenvalue weighted by molar-refractivity contribution is -0.138. The van der Waals surface area contributed by atoms with Gasteiger partial charge >= 0.3 is 11.9 Å². The Morgan fingerprint density at radius 3 is 1.68 bits per heavy atom. The highest BCUT2D eigenvalue weighted by Gasteiger charge is 2.18. The number of carbonyl (C=O) groups excluding carboxylic acids is 2. The molecule has 0 unspecified atom stereocenters. The fraction of sp³-hybridized carbons (Fsp3) is 0.227. The topological polar surface area (TPSA) is 93.1 Å². The zero-order valence-corrected chi connectivity index (χ0v) is 28.5. The number of hydrogen-bond acceptors (Lipinski definition) is 6. The van der Waals surface area contributed by atoms with Crippen LogP contribution in [0, 0.1) is 23.7 Å². The van der Waals surface area contributed by atoms with Gasteiger partial charge < -0.3 is 19.7 Å². The van der Waals surface area contributed by atoms with Gasteiger partial charge in [-0.05, 0) is 133 Å². The summed E-state index contributed by atoms with van der Waals surface area (Å²) < 4.78 is 10.4. The summed E-state index contributed by atoms with van der Waals surface area (Å²) in [6, 6.07) is 23.8. The van der Waals surface area contributed by atoms with Gasteiger partial charge in [-0.25, -0.2) is 9.59 Å². The van der Waals surface area contributed by atoms with Crippen molar-refractivity contribution < 1.29 is 29.3 Å². The van der Waals surface area contributed by atoms with E-state index in [0.717, 1.165) is 47.9 Å². The number of aliphatic hydroxyl groups excluding tert-OH is 1. The van der Waals surface area contributed by atoms with Crippen molar-refractivity contribution in [2.75, 3.05) is 13.2 Å². The molecule has 0 saturated heterocycles. The number of aryl methyl sites for hydroxylation is 4. The number of phenolic OH excluding ortho intramolecular Hbond substituents is 1. The second-order valence-electron chi connectivity index (χ2n) is 12.3. The smallest absolute Gasteiger partial charge is 0.338 e. The monoisotopic (exact) mass is 664 g/mol. The first-order valence-electron chi connectivity index (χ1n) is 16.6. The predicted octanol–water partition coefficient (Wildman–Crippen LogP) is 7.69. The van der Waals surface area contributed by atoms with E-state index >= 15 is 0 Å². The predicted molar refractivity (Wildman–Crippen MR) is 197 cm³/mol. The summed E-state index contributed by atoms with van der Waals surface area (Å²) >= 11 is 0. The summed E-state index contributed by atoms with van der Waals surface area (Å²) in [5, 5.41) is 18.3. The molecular weight excluding hydrogens is 624 g/mol. The van der Waals surface area contributed by atoms with Crippen LogP contribution < -0.4 is 4.74 Å². The Morgan fingerprint density at radius 2 is 1.14 bits per heavy atom. The summed E-state index contributed by atoms with van der Waals surface area (Å²) in [5.41, 5.74) is 12.4. The van der Waals surface area contributed by atoms with E-state index in [1.54, 1.807) is 19.9 Å². The SMILES string of the molecule is C=C(C)C(=O)OCCC#Cc1ccc2c(c1)CCc1cc(OC(=O)C(=C)C)ccc1-2.OCCC#Cc1ccc2c(c1)CCc1cc(O)ccc1-2. The standard InChI is InChI=1S/C26H24O4.C18H16O2/c1-17(2)25(27)29-14-6-5-7-19-8-12-23-20(15-19)9-10-21-16-22(11-13-24(21)23)30-26(28)18(3)4;19-10-2-1-3-13-4-8-17-14(11-13)5-6-15-12-16(20)7-9-18(15)17/h8,11-13,15-16H,1,3,6,9-10,14H2,2,4H3;4,7-9,11-12,19-20H,2,5-6,10H2. The van der Waals surface area contributed by atoms with Crippen LogP contribution >= 0.6 is 0 Å². The molecule has 4 aromatic carbocycles. The lowest BCUT2D eigenvalue weighted by Gasteiger charge is -2.20. The summed E-state index contributed by atoms with van der Waals surface area (Å²) in [4.78, 5) is 23.1. The van der Waals surface area contributed by atoms with E-state index in [1.807, 2.05) is 42.5 Å². The molecule has 252 valence electrons. The number of fused-ring (bicyclic) bond motifs is 6. The number of ether oxygens (including phenoxy) is 2. The Hall–Kier alpha value is -5.82. The molecule has 2 aliphatic rings. The molecular formula is C44H40O6. The van der Waals surface area contributed by atoms with Crippen LogP contribution in [-0.2, 0) is 40.0 Å². The van der Waals surface area contributed by atoms with Crippen molar-refractivity contribution in [2.24, 2.45) is 0 Å². The number of aliphatic hydroxyl groups is 1. The zero-order valence-electron chi connectivity index (χ0n) is 28.5. The third kappa shape index (κ3) is 8.99. The van der Waals surface area contributed by atoms with Gasteiger partial charge in [0.2, 0.25) is 0 Å². The van der Waals surface area contributed by atoms with Crippen LogP contribution in [0.15, 0.2) is 97.1 Å². The van der Waals surface area contributed by atoms with Gasteiger partial charge in [-0.2, -0.15) is 0 Å². The summed E-state index contributed by atoms with van der Waals surface area (Å²) in [6.07, 6.45) is 4.68. The van der Waals surface area contributed by atoms with Crippen LogP contribution in [0.4, 0.5) is 0 Å². The van der Waals surface area contributed by atoms with Gasteiger partial charge in [-0.3, -0.25) is 0 Å². The average Bonchev–Trinajstić information content (AvgIpc) is 3.11. The molecule has 50 heavy (non-hydrogen) atoms. The maximum absolute atomic E-state index is 11.7. The molecule has 0 fully saturated rings. The second kappa shape index (κ2) is 16.5. The molecule has 6 rings (SSSR count). The molecule has 6 nitrogen and oxygen atoms in total. The van der Waals surface area contributed by atoms with Crippen LogP contribution in [0.25, 0.3) is 22.3 Å². The third-order valence-electron chi connectivity index (χ3n) is 8.35. The first kappa shape index (κ1) is 35.5. The quantitative estimate of drug-likeness (QED) is 0.0722. The molecule has 4 aromatic rings. The lowest BCUT2D eigenvalue weighted by Crippen LogP contribution is -2.09. The van der Waals surface area contributed by atoms with Crippen molar-refractivity contribution in [3.05, 3.63) is 130 Å². The first-order valence-corrected chi connectivity index (χ1v) is 16.6. The molecule has 0 spiro atoms. The van der Waals surface area contributed by atoms with Crippen LogP contribution in [0.5, 0.6) is 11.5 Å². The highest BCUT2D eigenvalue weighted by molar-refractivity contribution is 5.89. The fourth-order valence-corrected chi connectivity index (χ4v) is 5.87.